The van der Waals surface area contributed by atoms with Crippen molar-refractivity contribution in [1.82, 2.24) is 10.2 Å². The number of terminal acetylenes is 1. The van der Waals surface area contributed by atoms with Crippen molar-refractivity contribution in [3.63, 3.8) is 0 Å². The molecule has 10 nitrogen and oxygen atoms in total. The zero-order valence-corrected chi connectivity index (χ0v) is 22.2. The minimum absolute atomic E-state index is 0.0223. The molecule has 3 rings (SSSR count). The maximum absolute atomic E-state index is 13.7. The van der Waals surface area contributed by atoms with E-state index in [1.54, 1.807) is 30.0 Å². The molecule has 1 unspecified atom stereocenters. The van der Waals surface area contributed by atoms with Gasteiger partial charge in [0.1, 0.15) is 31.9 Å². The molecule has 2 amide bonds. The van der Waals surface area contributed by atoms with E-state index >= 15 is 0 Å². The van der Waals surface area contributed by atoms with Crippen molar-refractivity contribution >= 4 is 35.5 Å². The molecular weight excluding hydrogens is 514 g/mol. The van der Waals surface area contributed by atoms with Crippen LogP contribution >= 0.6 is 11.6 Å². The molecule has 0 aromatic heterocycles. The summed E-state index contributed by atoms with van der Waals surface area (Å²) in [5, 5.41) is 3.10. The first-order chi connectivity index (χ1) is 18.2. The Labute approximate surface area is 227 Å². The summed E-state index contributed by atoms with van der Waals surface area (Å²) < 4.78 is 21.6. The second kappa shape index (κ2) is 13.3. The van der Waals surface area contributed by atoms with Crippen molar-refractivity contribution < 1.29 is 33.3 Å². The number of nitrogens with one attached hydrogen (secondary N) is 1. The summed E-state index contributed by atoms with van der Waals surface area (Å²) in [5.41, 5.74) is -0.529. The fourth-order valence-corrected chi connectivity index (χ4v) is 4.72. The number of aliphatic imine (C=N–C) groups is 1. The van der Waals surface area contributed by atoms with Crippen LogP contribution in [0.1, 0.15) is 25.3 Å². The second-order valence-corrected chi connectivity index (χ2v) is 9.42. The number of carbonyl (C=O) groups is 3. The lowest BCUT2D eigenvalue weighted by molar-refractivity contribution is -0.147. The largest absolute Gasteiger partial charge is 0.476 e. The predicted octanol–water partition coefficient (Wildman–Crippen LogP) is 2.53. The first kappa shape index (κ1) is 29.0. The summed E-state index contributed by atoms with van der Waals surface area (Å²) >= 11 is 6.13. The standard InChI is InChI=1S/C27H32ClN3O7/c1-5-13-36-18(3)22(29-26(34)37-14-6-2)24(32)31-12-8-11-21(31)23-30-27(17-38-23,25(33)35-4)16-19-9-7-10-20(28)15-19/h1,6-7,9-10,15,18,21-22H,2,8,11-14,16-17H2,3-4H3,(H,29,34)/t18?,21-,22-,27+/m0/s1. The minimum Gasteiger partial charge on any atom is -0.476 e. The maximum atomic E-state index is 13.7. The molecule has 2 aliphatic heterocycles. The van der Waals surface area contributed by atoms with Crippen molar-refractivity contribution in [2.24, 2.45) is 4.99 Å². The molecule has 0 bridgehead atoms. The molecule has 204 valence electrons. The van der Waals surface area contributed by atoms with Gasteiger partial charge in [-0.05, 0) is 37.5 Å². The van der Waals surface area contributed by atoms with Crippen LogP contribution in [0.2, 0.25) is 5.02 Å². The van der Waals surface area contributed by atoms with E-state index in [0.717, 1.165) is 5.56 Å². The highest BCUT2D eigenvalue weighted by Gasteiger charge is 2.49. The van der Waals surface area contributed by atoms with Crippen molar-refractivity contribution in [2.75, 3.05) is 33.5 Å². The van der Waals surface area contributed by atoms with Gasteiger partial charge in [-0.1, -0.05) is 42.3 Å². The number of methoxy groups -OCH3 is 1. The Morgan fingerprint density at radius 2 is 2.24 bits per heavy atom. The molecule has 11 heteroatoms. The fourth-order valence-electron chi connectivity index (χ4n) is 4.51. The van der Waals surface area contributed by atoms with Crippen LogP contribution in [0.5, 0.6) is 0 Å². The number of hydrogen-bond acceptors (Lipinski definition) is 8. The van der Waals surface area contributed by atoms with E-state index in [2.05, 4.69) is 22.8 Å². The molecule has 0 radical (unpaired) electrons. The van der Waals surface area contributed by atoms with Gasteiger partial charge in [-0.25, -0.2) is 14.6 Å². The Kier molecular flexibility index (Phi) is 10.2. The number of benzene rings is 1. The summed E-state index contributed by atoms with van der Waals surface area (Å²) in [6.45, 7) is 5.43. The molecule has 1 fully saturated rings. The monoisotopic (exact) mass is 545 g/mol. The van der Waals surface area contributed by atoms with Gasteiger partial charge in [0.05, 0.1) is 13.2 Å². The highest BCUT2D eigenvalue weighted by atomic mass is 35.5. The third-order valence-electron chi connectivity index (χ3n) is 6.33. The highest BCUT2D eigenvalue weighted by Crippen LogP contribution is 2.31. The van der Waals surface area contributed by atoms with Crippen LogP contribution in [-0.2, 0) is 35.0 Å². The number of amides is 2. The zero-order valence-electron chi connectivity index (χ0n) is 21.5. The predicted molar refractivity (Wildman–Crippen MR) is 141 cm³/mol. The molecule has 2 aliphatic rings. The van der Waals surface area contributed by atoms with Gasteiger partial charge in [-0.2, -0.15) is 0 Å². The van der Waals surface area contributed by atoms with Crippen LogP contribution in [0.25, 0.3) is 0 Å². The Morgan fingerprint density at radius 3 is 2.92 bits per heavy atom. The van der Waals surface area contributed by atoms with Crippen molar-refractivity contribution in [3.8, 4) is 12.3 Å². The molecule has 1 aromatic rings. The lowest BCUT2D eigenvalue weighted by Gasteiger charge is -2.31. The summed E-state index contributed by atoms with van der Waals surface area (Å²) in [4.78, 5) is 45.1. The van der Waals surface area contributed by atoms with Gasteiger partial charge in [0.15, 0.2) is 5.54 Å². The SMILES string of the molecule is C#CCOC(C)[C@H](NC(=O)OCC=C)C(=O)N1CCC[C@H]1C1=N[C@@](Cc2cccc(Cl)c2)(C(=O)OC)CO1. The first-order valence-corrected chi connectivity index (χ1v) is 12.6. The highest BCUT2D eigenvalue weighted by molar-refractivity contribution is 6.30. The third kappa shape index (κ3) is 6.85. The quantitative estimate of drug-likeness (QED) is 0.258. The topological polar surface area (TPSA) is 116 Å². The molecule has 2 heterocycles. The van der Waals surface area contributed by atoms with Gasteiger partial charge in [0.25, 0.3) is 0 Å². The summed E-state index contributed by atoms with van der Waals surface area (Å²) in [5.74, 6) is 1.65. The number of likely N-dealkylation sites (tertiary alicyclic amines) is 1. The average Bonchev–Trinajstić information content (AvgIpc) is 3.56. The van der Waals surface area contributed by atoms with Gasteiger partial charge < -0.3 is 29.2 Å². The van der Waals surface area contributed by atoms with Crippen LogP contribution in [0.4, 0.5) is 4.79 Å². The number of alkyl carbamates (subject to hydrolysis) is 1. The smallest absolute Gasteiger partial charge is 0.408 e. The summed E-state index contributed by atoms with van der Waals surface area (Å²) in [6.07, 6.45) is 6.61. The Hall–Kier alpha value is -3.55. The average molecular weight is 546 g/mol. The second-order valence-electron chi connectivity index (χ2n) is 8.99. The van der Waals surface area contributed by atoms with Gasteiger partial charge in [0.2, 0.25) is 11.8 Å². The third-order valence-corrected chi connectivity index (χ3v) is 6.56. The van der Waals surface area contributed by atoms with Crippen LogP contribution in [0.3, 0.4) is 0 Å². The fraction of sp³-hybridized carbons (Fsp3) is 0.481. The summed E-state index contributed by atoms with van der Waals surface area (Å²) in [6, 6.07) is 5.50. The number of rotatable bonds is 11. The van der Waals surface area contributed by atoms with E-state index in [1.807, 2.05) is 6.07 Å². The van der Waals surface area contributed by atoms with E-state index in [0.29, 0.717) is 24.4 Å². The Balaban J connectivity index is 1.86. The van der Waals surface area contributed by atoms with E-state index < -0.39 is 41.7 Å². The number of hydrogen-bond donors (Lipinski definition) is 1. The normalized spacial score (nSPS) is 21.9. The van der Waals surface area contributed by atoms with E-state index in [4.69, 9.17) is 37.0 Å². The number of esters is 1. The zero-order chi connectivity index (χ0) is 27.7. The molecule has 0 spiro atoms. The van der Waals surface area contributed by atoms with Crippen LogP contribution in [-0.4, -0.2) is 86.0 Å². The molecule has 1 N–H and O–H groups in total. The van der Waals surface area contributed by atoms with Crippen LogP contribution < -0.4 is 5.32 Å². The lowest BCUT2D eigenvalue weighted by atomic mass is 9.92. The number of ether oxygens (including phenoxy) is 4. The number of nitrogens with zero attached hydrogens (tertiary/aromatic N) is 2. The Bertz CT molecular complexity index is 1120. The number of carbonyl (C=O) groups excluding carboxylic acids is 3. The minimum atomic E-state index is -1.32. The molecule has 4 atom stereocenters. The van der Waals surface area contributed by atoms with E-state index in [1.165, 1.54) is 13.2 Å². The lowest BCUT2D eigenvalue weighted by Crippen LogP contribution is -2.56. The Morgan fingerprint density at radius 1 is 1.45 bits per heavy atom. The summed E-state index contributed by atoms with van der Waals surface area (Å²) in [7, 11) is 1.29. The van der Waals surface area contributed by atoms with Gasteiger partial charge in [0, 0.05) is 18.0 Å². The maximum Gasteiger partial charge on any atom is 0.408 e. The molecule has 0 saturated carbocycles. The molecule has 38 heavy (non-hydrogen) atoms. The van der Waals surface area contributed by atoms with Crippen molar-refractivity contribution in [1.29, 1.82) is 0 Å². The van der Waals surface area contributed by atoms with Gasteiger partial charge in [-0.15, -0.1) is 6.42 Å². The van der Waals surface area contributed by atoms with Gasteiger partial charge >= 0.3 is 12.1 Å². The molecule has 1 saturated heterocycles. The molecule has 1 aromatic carbocycles. The first-order valence-electron chi connectivity index (χ1n) is 12.2. The van der Waals surface area contributed by atoms with Gasteiger partial charge in [-0.3, -0.25) is 4.79 Å². The van der Waals surface area contributed by atoms with Crippen LogP contribution in [0, 0.1) is 12.3 Å². The van der Waals surface area contributed by atoms with Crippen molar-refractivity contribution in [3.05, 3.63) is 47.5 Å². The van der Waals surface area contributed by atoms with E-state index in [9.17, 15) is 14.4 Å². The van der Waals surface area contributed by atoms with Crippen LogP contribution in [0.15, 0.2) is 41.9 Å². The number of halogens is 1. The van der Waals surface area contributed by atoms with Crippen molar-refractivity contribution in [2.45, 2.75) is 49.9 Å². The molecule has 0 aliphatic carbocycles. The van der Waals surface area contributed by atoms with E-state index in [-0.39, 0.29) is 32.1 Å². The molecular formula is C27H32ClN3O7.